The van der Waals surface area contributed by atoms with Crippen LogP contribution >= 0.6 is 0 Å². The molecule has 140 valence electrons. The van der Waals surface area contributed by atoms with E-state index in [4.69, 9.17) is 0 Å². The molecule has 26 heavy (non-hydrogen) atoms. The Kier molecular flexibility index (Phi) is 4.78. The van der Waals surface area contributed by atoms with Gasteiger partial charge in [0.2, 0.25) is 5.91 Å². The van der Waals surface area contributed by atoms with E-state index in [1.165, 1.54) is 0 Å². The Morgan fingerprint density at radius 3 is 2.50 bits per heavy atom. The number of urea groups is 1. The van der Waals surface area contributed by atoms with Crippen LogP contribution in [0, 0.1) is 25.7 Å². The van der Waals surface area contributed by atoms with Gasteiger partial charge in [0.1, 0.15) is 12.1 Å². The van der Waals surface area contributed by atoms with E-state index in [1.54, 1.807) is 0 Å². The number of benzene rings is 1. The lowest BCUT2D eigenvalue weighted by Crippen LogP contribution is -2.59. The Labute approximate surface area is 154 Å². The molecule has 6 heteroatoms. The zero-order chi connectivity index (χ0) is 19.1. The van der Waals surface area contributed by atoms with E-state index in [2.05, 4.69) is 10.6 Å². The minimum atomic E-state index is -0.866. The van der Waals surface area contributed by atoms with Crippen molar-refractivity contribution in [1.29, 1.82) is 0 Å². The number of nitrogens with zero attached hydrogens (tertiary/aromatic N) is 1. The Bertz CT molecular complexity index is 749. The number of hydrogen-bond donors (Lipinski definition) is 2. The van der Waals surface area contributed by atoms with Crippen molar-refractivity contribution in [1.82, 2.24) is 10.2 Å². The molecule has 1 spiro atoms. The number of amides is 4. The molecule has 1 aromatic rings. The van der Waals surface area contributed by atoms with E-state index in [0.29, 0.717) is 5.69 Å². The molecule has 2 unspecified atom stereocenters. The Balaban J connectivity index is 1.74. The zero-order valence-corrected chi connectivity index (χ0v) is 15.9. The highest BCUT2D eigenvalue weighted by molar-refractivity contribution is 6.10. The lowest BCUT2D eigenvalue weighted by Gasteiger charge is -2.42. The molecule has 1 aliphatic heterocycles. The number of imide groups is 1. The molecule has 0 radical (unpaired) electrons. The van der Waals surface area contributed by atoms with Gasteiger partial charge in [-0.3, -0.25) is 14.5 Å². The quantitative estimate of drug-likeness (QED) is 0.816. The molecule has 2 aliphatic rings. The van der Waals surface area contributed by atoms with E-state index >= 15 is 0 Å². The Hall–Kier alpha value is -2.37. The molecule has 0 bridgehead atoms. The van der Waals surface area contributed by atoms with Crippen molar-refractivity contribution in [2.45, 2.75) is 52.5 Å². The topological polar surface area (TPSA) is 78.5 Å². The lowest BCUT2D eigenvalue weighted by atomic mass is 9.67. The molecular formula is C20H27N3O3. The summed E-state index contributed by atoms with van der Waals surface area (Å²) in [5, 5.41) is 5.72. The van der Waals surface area contributed by atoms with Crippen molar-refractivity contribution < 1.29 is 14.4 Å². The second kappa shape index (κ2) is 6.74. The first kappa shape index (κ1) is 18.4. The molecule has 1 aromatic carbocycles. The zero-order valence-electron chi connectivity index (χ0n) is 15.9. The van der Waals surface area contributed by atoms with Gasteiger partial charge >= 0.3 is 6.03 Å². The highest BCUT2D eigenvalue weighted by atomic mass is 16.2. The van der Waals surface area contributed by atoms with Crippen molar-refractivity contribution in [3.63, 3.8) is 0 Å². The third-order valence-corrected chi connectivity index (χ3v) is 5.94. The van der Waals surface area contributed by atoms with Gasteiger partial charge in [-0.1, -0.05) is 38.0 Å². The summed E-state index contributed by atoms with van der Waals surface area (Å²) in [5.74, 6) is -0.503. The third kappa shape index (κ3) is 2.97. The maximum absolute atomic E-state index is 13.1. The minimum Gasteiger partial charge on any atom is -0.324 e. The lowest BCUT2D eigenvalue weighted by molar-refractivity contribution is -0.138. The van der Waals surface area contributed by atoms with E-state index < -0.39 is 11.6 Å². The third-order valence-electron chi connectivity index (χ3n) is 5.94. The van der Waals surface area contributed by atoms with Crippen molar-refractivity contribution in [3.05, 3.63) is 29.3 Å². The van der Waals surface area contributed by atoms with Crippen LogP contribution in [0.4, 0.5) is 10.5 Å². The molecule has 1 heterocycles. The normalized spacial score (nSPS) is 28.4. The van der Waals surface area contributed by atoms with Crippen LogP contribution in [0.15, 0.2) is 18.2 Å². The van der Waals surface area contributed by atoms with Gasteiger partial charge in [0, 0.05) is 5.69 Å². The van der Waals surface area contributed by atoms with Crippen LogP contribution < -0.4 is 10.6 Å². The molecule has 6 nitrogen and oxygen atoms in total. The predicted octanol–water partition coefficient (Wildman–Crippen LogP) is 2.99. The van der Waals surface area contributed by atoms with E-state index in [0.717, 1.165) is 35.3 Å². The molecular weight excluding hydrogens is 330 g/mol. The number of carbonyl (C=O) groups is 3. The van der Waals surface area contributed by atoms with Gasteiger partial charge in [0.05, 0.1) is 0 Å². The molecule has 1 saturated carbocycles. The van der Waals surface area contributed by atoms with Crippen LogP contribution in [0.2, 0.25) is 0 Å². The van der Waals surface area contributed by atoms with Crippen LogP contribution in [0.1, 0.15) is 44.2 Å². The number of nitrogens with one attached hydrogen (secondary N) is 2. The van der Waals surface area contributed by atoms with Crippen molar-refractivity contribution >= 4 is 23.5 Å². The number of aryl methyl sites for hydroxylation is 2. The maximum Gasteiger partial charge on any atom is 0.325 e. The fourth-order valence-corrected chi connectivity index (χ4v) is 4.38. The fraction of sp³-hybridized carbons (Fsp3) is 0.550. The number of rotatable bonds is 3. The molecule has 3 rings (SSSR count). The van der Waals surface area contributed by atoms with Crippen molar-refractivity contribution in [3.8, 4) is 0 Å². The monoisotopic (exact) mass is 357 g/mol. The van der Waals surface area contributed by atoms with Crippen molar-refractivity contribution in [2.75, 3.05) is 11.9 Å². The van der Waals surface area contributed by atoms with Gasteiger partial charge in [-0.25, -0.2) is 4.79 Å². The average molecular weight is 357 g/mol. The largest absolute Gasteiger partial charge is 0.325 e. The molecule has 2 fully saturated rings. The minimum absolute atomic E-state index is 0.0649. The number of carbonyl (C=O) groups excluding carboxylic acids is 3. The van der Waals surface area contributed by atoms with Crippen LogP contribution in [0.25, 0.3) is 0 Å². The fourth-order valence-electron chi connectivity index (χ4n) is 4.38. The van der Waals surface area contributed by atoms with E-state index in [-0.39, 0.29) is 30.2 Å². The van der Waals surface area contributed by atoms with Gasteiger partial charge in [-0.15, -0.1) is 0 Å². The van der Waals surface area contributed by atoms with Gasteiger partial charge in [0.15, 0.2) is 0 Å². The Morgan fingerprint density at radius 2 is 1.88 bits per heavy atom. The summed E-state index contributed by atoms with van der Waals surface area (Å²) in [7, 11) is 0. The van der Waals surface area contributed by atoms with Crippen molar-refractivity contribution in [2.24, 2.45) is 11.8 Å². The summed E-state index contributed by atoms with van der Waals surface area (Å²) < 4.78 is 0. The molecule has 2 N–H and O–H groups in total. The molecule has 0 aromatic heterocycles. The van der Waals surface area contributed by atoms with Gasteiger partial charge in [-0.2, -0.15) is 0 Å². The highest BCUT2D eigenvalue weighted by Gasteiger charge is 2.58. The standard InChI is InChI=1S/C20H27N3O3/c1-12-8-9-16(13(2)10-12)21-17(24)11-23-18(25)20(22-19(23)26)14(3)6-5-7-15(20)4/h8-10,14-15H,5-7,11H2,1-4H3,(H,21,24)(H,22,26). The van der Waals surface area contributed by atoms with Gasteiger partial charge < -0.3 is 10.6 Å². The molecule has 4 amide bonds. The van der Waals surface area contributed by atoms with Crippen LogP contribution in [-0.2, 0) is 9.59 Å². The number of anilines is 1. The summed E-state index contributed by atoms with van der Waals surface area (Å²) in [6, 6.07) is 5.26. The summed E-state index contributed by atoms with van der Waals surface area (Å²) in [6.45, 7) is 7.65. The number of hydrogen-bond acceptors (Lipinski definition) is 3. The van der Waals surface area contributed by atoms with E-state index in [9.17, 15) is 14.4 Å². The first-order valence-corrected chi connectivity index (χ1v) is 9.27. The first-order chi connectivity index (χ1) is 12.3. The molecule has 1 saturated heterocycles. The van der Waals surface area contributed by atoms with Crippen LogP contribution in [-0.4, -0.2) is 34.8 Å². The summed E-state index contributed by atoms with van der Waals surface area (Å²) >= 11 is 0. The average Bonchev–Trinajstić information content (AvgIpc) is 2.81. The van der Waals surface area contributed by atoms with Gasteiger partial charge in [0.25, 0.3) is 5.91 Å². The predicted molar refractivity (Wildman–Crippen MR) is 99.7 cm³/mol. The Morgan fingerprint density at radius 1 is 1.23 bits per heavy atom. The maximum atomic E-state index is 13.1. The molecule has 1 aliphatic carbocycles. The smallest absolute Gasteiger partial charge is 0.324 e. The second-order valence-electron chi connectivity index (χ2n) is 7.79. The summed E-state index contributed by atoms with van der Waals surface area (Å²) in [4.78, 5) is 39.1. The van der Waals surface area contributed by atoms with Gasteiger partial charge in [-0.05, 0) is 50.2 Å². The first-order valence-electron chi connectivity index (χ1n) is 9.27. The molecule has 2 atom stereocenters. The van der Waals surface area contributed by atoms with E-state index in [1.807, 2.05) is 45.9 Å². The van der Waals surface area contributed by atoms with Crippen LogP contribution in [0.3, 0.4) is 0 Å². The second-order valence-corrected chi connectivity index (χ2v) is 7.79. The summed E-state index contributed by atoms with van der Waals surface area (Å²) in [5.41, 5.74) is 1.88. The highest BCUT2D eigenvalue weighted by Crippen LogP contribution is 2.42. The summed E-state index contributed by atoms with van der Waals surface area (Å²) in [6.07, 6.45) is 2.86. The van der Waals surface area contributed by atoms with Crippen LogP contribution in [0.5, 0.6) is 0 Å². The SMILES string of the molecule is Cc1ccc(NC(=O)CN2C(=O)NC3(C2=O)C(C)CCCC3C)c(C)c1.